The van der Waals surface area contributed by atoms with Gasteiger partial charge in [-0.15, -0.1) is 0 Å². The van der Waals surface area contributed by atoms with Crippen molar-refractivity contribution in [1.29, 1.82) is 0 Å². The van der Waals surface area contributed by atoms with Crippen LogP contribution in [0.3, 0.4) is 0 Å². The van der Waals surface area contributed by atoms with E-state index in [2.05, 4.69) is 22.9 Å². The molecule has 0 atom stereocenters. The molecule has 19 heavy (non-hydrogen) atoms. The second-order valence-electron chi connectivity index (χ2n) is 4.90. The van der Waals surface area contributed by atoms with E-state index < -0.39 is 0 Å². The first-order chi connectivity index (χ1) is 9.08. The molecule has 1 amide bonds. The maximum absolute atomic E-state index is 12.0. The molecular formula is C14H17BrClNO2. The highest BCUT2D eigenvalue weighted by Crippen LogP contribution is 2.31. The lowest BCUT2D eigenvalue weighted by Gasteiger charge is -2.30. The van der Waals surface area contributed by atoms with Crippen LogP contribution in [0.1, 0.15) is 19.8 Å². The van der Waals surface area contributed by atoms with Crippen molar-refractivity contribution < 1.29 is 9.53 Å². The first kappa shape index (κ1) is 14.7. The number of hydrogen-bond donors (Lipinski definition) is 0. The molecule has 1 saturated heterocycles. The molecule has 0 unspecified atom stereocenters. The molecule has 104 valence electrons. The monoisotopic (exact) mass is 345 g/mol. The first-order valence-electron chi connectivity index (χ1n) is 6.42. The van der Waals surface area contributed by atoms with Crippen LogP contribution in [0.15, 0.2) is 22.7 Å². The number of halogens is 2. The molecule has 0 saturated carbocycles. The van der Waals surface area contributed by atoms with Gasteiger partial charge >= 0.3 is 0 Å². The summed E-state index contributed by atoms with van der Waals surface area (Å²) in [6.45, 7) is 3.95. The van der Waals surface area contributed by atoms with Gasteiger partial charge in [-0.2, -0.15) is 0 Å². The summed E-state index contributed by atoms with van der Waals surface area (Å²) in [6.07, 6.45) is 2.15. The van der Waals surface area contributed by atoms with E-state index in [0.29, 0.717) is 21.2 Å². The topological polar surface area (TPSA) is 29.5 Å². The summed E-state index contributed by atoms with van der Waals surface area (Å²) < 4.78 is 6.23. The van der Waals surface area contributed by atoms with E-state index >= 15 is 0 Å². The molecular weight excluding hydrogens is 330 g/mol. The minimum Gasteiger partial charge on any atom is -0.483 e. The van der Waals surface area contributed by atoms with E-state index in [0.717, 1.165) is 25.9 Å². The molecule has 1 heterocycles. The minimum absolute atomic E-state index is 0.0405. The third-order valence-corrected chi connectivity index (χ3v) is 4.76. The maximum atomic E-state index is 12.0. The summed E-state index contributed by atoms with van der Waals surface area (Å²) in [5, 5.41) is 0.580. The molecule has 1 aliphatic heterocycles. The fourth-order valence-electron chi connectivity index (χ4n) is 2.08. The number of carbonyl (C=O) groups excluding carboxylic acids is 1. The van der Waals surface area contributed by atoms with Crippen molar-refractivity contribution in [2.24, 2.45) is 5.92 Å². The zero-order valence-corrected chi connectivity index (χ0v) is 13.2. The SMILES string of the molecule is CC1CCN(C(=O)COc2cccc(Cl)c2Br)CC1. The summed E-state index contributed by atoms with van der Waals surface area (Å²) in [4.78, 5) is 13.9. The highest BCUT2D eigenvalue weighted by Gasteiger charge is 2.20. The summed E-state index contributed by atoms with van der Waals surface area (Å²) in [5.41, 5.74) is 0. The third-order valence-electron chi connectivity index (χ3n) is 3.40. The van der Waals surface area contributed by atoms with Crippen molar-refractivity contribution in [1.82, 2.24) is 4.90 Å². The van der Waals surface area contributed by atoms with E-state index in [1.807, 2.05) is 4.90 Å². The van der Waals surface area contributed by atoms with Gasteiger partial charge < -0.3 is 9.64 Å². The van der Waals surface area contributed by atoms with E-state index in [1.54, 1.807) is 18.2 Å². The van der Waals surface area contributed by atoms with Gasteiger partial charge in [0.05, 0.1) is 9.50 Å². The van der Waals surface area contributed by atoms with Crippen molar-refractivity contribution in [3.8, 4) is 5.75 Å². The Kier molecular flexibility index (Phi) is 5.11. The number of hydrogen-bond acceptors (Lipinski definition) is 2. The van der Waals surface area contributed by atoms with Gasteiger partial charge in [-0.1, -0.05) is 24.6 Å². The van der Waals surface area contributed by atoms with Gasteiger partial charge in [-0.3, -0.25) is 4.79 Å². The molecule has 0 radical (unpaired) electrons. The van der Waals surface area contributed by atoms with Gasteiger partial charge in [-0.25, -0.2) is 0 Å². The number of rotatable bonds is 3. The molecule has 0 spiro atoms. The van der Waals surface area contributed by atoms with Crippen LogP contribution in [0.2, 0.25) is 5.02 Å². The lowest BCUT2D eigenvalue weighted by molar-refractivity contribution is -0.134. The zero-order valence-electron chi connectivity index (χ0n) is 10.9. The smallest absolute Gasteiger partial charge is 0.260 e. The third kappa shape index (κ3) is 3.86. The van der Waals surface area contributed by atoms with Gasteiger partial charge in [0, 0.05) is 13.1 Å². The highest BCUT2D eigenvalue weighted by molar-refractivity contribution is 9.10. The van der Waals surface area contributed by atoms with Crippen molar-refractivity contribution in [2.75, 3.05) is 19.7 Å². The molecule has 0 aliphatic carbocycles. The van der Waals surface area contributed by atoms with Crippen LogP contribution < -0.4 is 4.74 Å². The van der Waals surface area contributed by atoms with Crippen LogP contribution in [-0.2, 0) is 4.79 Å². The fraction of sp³-hybridized carbons (Fsp3) is 0.500. The Bertz CT molecular complexity index is 459. The number of piperidine rings is 1. The van der Waals surface area contributed by atoms with Crippen LogP contribution in [0, 0.1) is 5.92 Å². The molecule has 0 aromatic heterocycles. The standard InChI is InChI=1S/C14H17BrClNO2/c1-10-5-7-17(8-6-10)13(18)9-19-12-4-2-3-11(16)14(12)15/h2-4,10H,5-9H2,1H3. The first-order valence-corrected chi connectivity index (χ1v) is 7.59. The summed E-state index contributed by atoms with van der Waals surface area (Å²) >= 11 is 9.32. The average molecular weight is 347 g/mol. The van der Waals surface area contributed by atoms with Crippen LogP contribution in [0.4, 0.5) is 0 Å². The fourth-order valence-corrected chi connectivity index (χ4v) is 2.63. The summed E-state index contributed by atoms with van der Waals surface area (Å²) in [6, 6.07) is 5.36. The normalized spacial score (nSPS) is 16.5. The summed E-state index contributed by atoms with van der Waals surface area (Å²) in [7, 11) is 0. The van der Waals surface area contributed by atoms with E-state index in [1.165, 1.54) is 0 Å². The quantitative estimate of drug-likeness (QED) is 0.834. The average Bonchev–Trinajstić information content (AvgIpc) is 2.41. The predicted octanol–water partition coefficient (Wildman–Crippen LogP) is 3.74. The molecule has 1 aromatic carbocycles. The molecule has 1 fully saturated rings. The van der Waals surface area contributed by atoms with E-state index in [4.69, 9.17) is 16.3 Å². The van der Waals surface area contributed by atoms with Crippen molar-refractivity contribution in [3.63, 3.8) is 0 Å². The molecule has 0 bridgehead atoms. The number of benzene rings is 1. The van der Waals surface area contributed by atoms with Gasteiger partial charge in [0.2, 0.25) is 0 Å². The minimum atomic E-state index is 0.0405. The van der Waals surface area contributed by atoms with Gasteiger partial charge in [0.15, 0.2) is 6.61 Å². The van der Waals surface area contributed by atoms with Gasteiger partial charge in [-0.05, 0) is 46.8 Å². The predicted molar refractivity (Wildman–Crippen MR) is 79.6 cm³/mol. The molecule has 5 heteroatoms. The van der Waals surface area contributed by atoms with Crippen molar-refractivity contribution in [2.45, 2.75) is 19.8 Å². The highest BCUT2D eigenvalue weighted by atomic mass is 79.9. The lowest BCUT2D eigenvalue weighted by atomic mass is 9.99. The molecule has 3 nitrogen and oxygen atoms in total. The molecule has 2 rings (SSSR count). The van der Waals surface area contributed by atoms with Gasteiger partial charge in [0.25, 0.3) is 5.91 Å². The van der Waals surface area contributed by atoms with Crippen molar-refractivity contribution >= 4 is 33.4 Å². The molecule has 1 aliphatic rings. The lowest BCUT2D eigenvalue weighted by Crippen LogP contribution is -2.40. The Labute approximate surface area is 127 Å². The maximum Gasteiger partial charge on any atom is 0.260 e. The number of nitrogens with zero attached hydrogens (tertiary/aromatic N) is 1. The Morgan fingerprint density at radius 3 is 2.84 bits per heavy atom. The Morgan fingerprint density at radius 1 is 1.47 bits per heavy atom. The van der Waals surface area contributed by atoms with Crippen LogP contribution in [0.25, 0.3) is 0 Å². The summed E-state index contributed by atoms with van der Waals surface area (Å²) in [5.74, 6) is 1.36. The number of likely N-dealkylation sites (tertiary alicyclic amines) is 1. The van der Waals surface area contributed by atoms with Crippen molar-refractivity contribution in [3.05, 3.63) is 27.7 Å². The van der Waals surface area contributed by atoms with E-state index in [-0.39, 0.29) is 12.5 Å². The Morgan fingerprint density at radius 2 is 2.16 bits per heavy atom. The zero-order chi connectivity index (χ0) is 13.8. The number of ether oxygens (including phenoxy) is 1. The molecule has 0 N–H and O–H groups in total. The number of amides is 1. The second kappa shape index (κ2) is 6.62. The number of carbonyl (C=O) groups is 1. The van der Waals surface area contributed by atoms with Crippen LogP contribution in [-0.4, -0.2) is 30.5 Å². The second-order valence-corrected chi connectivity index (χ2v) is 6.10. The Balaban J connectivity index is 1.88. The van der Waals surface area contributed by atoms with Crippen LogP contribution in [0.5, 0.6) is 5.75 Å². The van der Waals surface area contributed by atoms with Gasteiger partial charge in [0.1, 0.15) is 5.75 Å². The largest absolute Gasteiger partial charge is 0.483 e. The van der Waals surface area contributed by atoms with Crippen LogP contribution >= 0.6 is 27.5 Å². The molecule has 1 aromatic rings. The Hall–Kier alpha value is -0.740. The van der Waals surface area contributed by atoms with E-state index in [9.17, 15) is 4.79 Å².